The fraction of sp³-hybridized carbons (Fsp3) is 0.400. The molecule has 1 rings (SSSR count). The van der Waals surface area contributed by atoms with Gasteiger partial charge in [0.25, 0.3) is 6.43 Å². The minimum absolute atomic E-state index is 0.0158. The predicted octanol–water partition coefficient (Wildman–Crippen LogP) is 2.83. The van der Waals surface area contributed by atoms with Crippen molar-refractivity contribution < 1.29 is 13.5 Å². The number of ether oxygens (including phenoxy) is 1. The summed E-state index contributed by atoms with van der Waals surface area (Å²) in [5.74, 6) is -0.00134. The first-order valence-corrected chi connectivity index (χ1v) is 4.94. The van der Waals surface area contributed by atoms with E-state index < -0.39 is 6.43 Å². The number of halogens is 3. The molecule has 0 saturated heterocycles. The van der Waals surface area contributed by atoms with E-state index in [9.17, 15) is 8.78 Å². The van der Waals surface area contributed by atoms with Crippen LogP contribution in [-0.4, -0.2) is 12.1 Å². The van der Waals surface area contributed by atoms with Gasteiger partial charge in [-0.1, -0.05) is 0 Å². The molecule has 0 atom stereocenters. The van der Waals surface area contributed by atoms with Gasteiger partial charge in [0.1, 0.15) is 5.75 Å². The minimum atomic E-state index is -2.68. The van der Waals surface area contributed by atoms with Crippen LogP contribution in [0, 0.1) is 11.3 Å². The summed E-state index contributed by atoms with van der Waals surface area (Å²) in [6, 6.07) is 1.89. The molecule has 0 radical (unpaired) electrons. The predicted molar refractivity (Wildman–Crippen MR) is 54.6 cm³/mol. The van der Waals surface area contributed by atoms with Crippen molar-refractivity contribution >= 4 is 11.6 Å². The van der Waals surface area contributed by atoms with Crippen LogP contribution in [0.2, 0.25) is 0 Å². The van der Waals surface area contributed by atoms with Gasteiger partial charge >= 0.3 is 0 Å². The van der Waals surface area contributed by atoms with Crippen LogP contribution in [0.4, 0.5) is 8.78 Å². The molecule has 0 aliphatic heterocycles. The van der Waals surface area contributed by atoms with Crippen molar-refractivity contribution in [1.82, 2.24) is 4.98 Å². The topological polar surface area (TPSA) is 45.9 Å². The summed E-state index contributed by atoms with van der Waals surface area (Å²) >= 11 is 5.65. The molecule has 16 heavy (non-hydrogen) atoms. The third-order valence-corrected chi connectivity index (χ3v) is 2.33. The van der Waals surface area contributed by atoms with Gasteiger partial charge in [0, 0.05) is 11.8 Å². The number of rotatable bonds is 4. The molecule has 3 nitrogen and oxygen atoms in total. The van der Waals surface area contributed by atoms with Crippen LogP contribution in [0.5, 0.6) is 5.75 Å². The summed E-state index contributed by atoms with van der Waals surface area (Å²) in [6.45, 7) is 0. The molecule has 0 unspecified atom stereocenters. The zero-order valence-electron chi connectivity index (χ0n) is 8.51. The van der Waals surface area contributed by atoms with Crippen LogP contribution in [0.25, 0.3) is 0 Å². The van der Waals surface area contributed by atoms with Crippen molar-refractivity contribution in [3.63, 3.8) is 0 Å². The van der Waals surface area contributed by atoms with Crippen LogP contribution in [0.1, 0.15) is 23.2 Å². The van der Waals surface area contributed by atoms with Gasteiger partial charge in [-0.25, -0.2) is 8.78 Å². The zero-order valence-corrected chi connectivity index (χ0v) is 9.26. The normalized spacial score (nSPS) is 10.2. The van der Waals surface area contributed by atoms with E-state index in [2.05, 4.69) is 4.98 Å². The molecule has 6 heteroatoms. The Labute approximate surface area is 96.6 Å². The van der Waals surface area contributed by atoms with Crippen molar-refractivity contribution in [1.29, 1.82) is 5.26 Å². The van der Waals surface area contributed by atoms with Gasteiger partial charge in [0.05, 0.1) is 36.7 Å². The number of methoxy groups -OCH3 is 1. The Hall–Kier alpha value is -1.41. The lowest BCUT2D eigenvalue weighted by atomic mass is 10.1. The number of aromatic nitrogens is 1. The Morgan fingerprint density at radius 2 is 2.31 bits per heavy atom. The van der Waals surface area contributed by atoms with Crippen molar-refractivity contribution in [3.05, 3.63) is 23.0 Å². The van der Waals surface area contributed by atoms with Gasteiger partial charge in [-0.3, -0.25) is 4.98 Å². The molecular weight excluding hydrogens is 238 g/mol. The summed E-state index contributed by atoms with van der Waals surface area (Å²) < 4.78 is 30.1. The smallest absolute Gasteiger partial charge is 0.268 e. The monoisotopic (exact) mass is 246 g/mol. The van der Waals surface area contributed by atoms with Crippen molar-refractivity contribution in [2.24, 2.45) is 0 Å². The number of pyridine rings is 1. The van der Waals surface area contributed by atoms with Crippen LogP contribution in [-0.2, 0) is 12.3 Å². The van der Waals surface area contributed by atoms with Gasteiger partial charge < -0.3 is 4.74 Å². The van der Waals surface area contributed by atoms with E-state index in [1.54, 1.807) is 0 Å². The maximum Gasteiger partial charge on any atom is 0.268 e. The van der Waals surface area contributed by atoms with Crippen LogP contribution in [0.15, 0.2) is 6.20 Å². The quantitative estimate of drug-likeness (QED) is 0.768. The molecule has 0 saturated carbocycles. The largest absolute Gasteiger partial charge is 0.496 e. The molecule has 0 fully saturated rings. The molecular formula is C10H9ClF2N2O. The first-order valence-electron chi connectivity index (χ1n) is 4.41. The van der Waals surface area contributed by atoms with E-state index in [-0.39, 0.29) is 23.6 Å². The molecule has 0 N–H and O–H groups in total. The highest BCUT2D eigenvalue weighted by Crippen LogP contribution is 2.33. The highest BCUT2D eigenvalue weighted by molar-refractivity contribution is 6.17. The van der Waals surface area contributed by atoms with Crippen LogP contribution < -0.4 is 4.74 Å². The first-order chi connectivity index (χ1) is 7.65. The summed E-state index contributed by atoms with van der Waals surface area (Å²) in [6.07, 6.45) is -1.64. The Morgan fingerprint density at radius 3 is 2.75 bits per heavy atom. The summed E-state index contributed by atoms with van der Waals surface area (Å²) in [5, 5.41) is 8.56. The molecule has 1 aromatic rings. The van der Waals surface area contributed by atoms with Crippen molar-refractivity contribution in [3.8, 4) is 11.8 Å². The van der Waals surface area contributed by atoms with E-state index >= 15 is 0 Å². The Balaban J connectivity index is 3.35. The van der Waals surface area contributed by atoms with E-state index in [1.165, 1.54) is 7.11 Å². The van der Waals surface area contributed by atoms with Crippen molar-refractivity contribution in [2.75, 3.05) is 7.11 Å². The van der Waals surface area contributed by atoms with Gasteiger partial charge in [0.2, 0.25) is 0 Å². The molecule has 86 valence electrons. The van der Waals surface area contributed by atoms with E-state index in [0.29, 0.717) is 11.3 Å². The molecule has 1 aromatic heterocycles. The fourth-order valence-corrected chi connectivity index (χ4v) is 1.63. The van der Waals surface area contributed by atoms with Crippen molar-refractivity contribution in [2.45, 2.75) is 18.7 Å². The molecule has 1 heterocycles. The maximum atomic E-state index is 12.6. The fourth-order valence-electron chi connectivity index (χ4n) is 1.35. The van der Waals surface area contributed by atoms with Gasteiger partial charge in [0.15, 0.2) is 0 Å². The first kappa shape index (κ1) is 12.7. The molecule has 0 aromatic carbocycles. The van der Waals surface area contributed by atoms with Gasteiger partial charge in [-0.2, -0.15) is 5.26 Å². The Kier molecular flexibility index (Phi) is 4.44. The average Bonchev–Trinajstić information content (AvgIpc) is 2.28. The maximum absolute atomic E-state index is 12.6. The Bertz CT molecular complexity index is 418. The average molecular weight is 247 g/mol. The zero-order chi connectivity index (χ0) is 12.1. The second-order valence-electron chi connectivity index (χ2n) is 2.94. The summed E-state index contributed by atoms with van der Waals surface area (Å²) in [7, 11) is 1.29. The molecule has 0 aliphatic carbocycles. The number of nitrogens with zero attached hydrogens (tertiary/aromatic N) is 2. The second kappa shape index (κ2) is 5.61. The van der Waals surface area contributed by atoms with Gasteiger partial charge in [-0.15, -0.1) is 11.6 Å². The number of hydrogen-bond acceptors (Lipinski definition) is 3. The Morgan fingerprint density at radius 1 is 1.62 bits per heavy atom. The molecule has 0 spiro atoms. The lowest BCUT2D eigenvalue weighted by Crippen LogP contribution is -2.03. The van der Waals surface area contributed by atoms with Crippen LogP contribution in [0.3, 0.4) is 0 Å². The molecule has 0 aliphatic rings. The molecule has 0 amide bonds. The summed E-state index contributed by atoms with van der Waals surface area (Å²) in [5.41, 5.74) is 0.419. The van der Waals surface area contributed by atoms with Gasteiger partial charge in [-0.05, 0) is 0 Å². The third-order valence-electron chi connectivity index (χ3n) is 2.06. The highest BCUT2D eigenvalue weighted by atomic mass is 35.5. The number of alkyl halides is 3. The number of nitriles is 1. The SMILES string of the molecule is COc1c(C(F)F)cnc(CC#N)c1CCl. The number of hydrogen-bond donors (Lipinski definition) is 0. The van der Waals surface area contributed by atoms with E-state index in [0.717, 1.165) is 6.20 Å². The van der Waals surface area contributed by atoms with Crippen LogP contribution >= 0.6 is 11.6 Å². The molecule has 0 bridgehead atoms. The third kappa shape index (κ3) is 2.39. The highest BCUT2D eigenvalue weighted by Gasteiger charge is 2.20. The van der Waals surface area contributed by atoms with E-state index in [4.69, 9.17) is 21.6 Å². The summed E-state index contributed by atoms with van der Waals surface area (Å²) in [4.78, 5) is 3.80. The minimum Gasteiger partial charge on any atom is -0.496 e. The second-order valence-corrected chi connectivity index (χ2v) is 3.21. The lowest BCUT2D eigenvalue weighted by Gasteiger charge is -2.13. The lowest BCUT2D eigenvalue weighted by molar-refractivity contribution is 0.146. The standard InChI is InChI=1S/C10H9ClF2N2O/c1-16-9-6(4-11)8(2-3-14)15-5-7(9)10(12)13/h5,10H,2,4H2,1H3. The van der Waals surface area contributed by atoms with E-state index in [1.807, 2.05) is 6.07 Å².